The van der Waals surface area contributed by atoms with Gasteiger partial charge in [0.1, 0.15) is 4.90 Å². The van der Waals surface area contributed by atoms with Gasteiger partial charge in [-0.25, -0.2) is 13.1 Å². The Kier molecular flexibility index (Phi) is 6.00. The lowest BCUT2D eigenvalue weighted by Crippen LogP contribution is -2.39. The Balaban J connectivity index is 2.96. The Morgan fingerprint density at radius 1 is 1.35 bits per heavy atom. The van der Waals surface area contributed by atoms with E-state index in [4.69, 9.17) is 5.73 Å². The van der Waals surface area contributed by atoms with Crippen LogP contribution in [0.25, 0.3) is 0 Å². The molecule has 1 aromatic rings. The number of nitrogens with two attached hydrogens (primary N) is 1. The number of halogens is 1. The molecule has 0 radical (unpaired) electrons. The van der Waals surface area contributed by atoms with Crippen molar-refractivity contribution in [3.05, 3.63) is 22.7 Å². The standard InChI is InChI=1S/C13H21BrN2O3S/c1-3-13(4-2,9-17)8-16-20(18,19)12-6-5-10(14)7-11(12)15/h5-7,16-17H,3-4,8-9,15H2,1-2H3. The van der Waals surface area contributed by atoms with Crippen LogP contribution in [0.2, 0.25) is 0 Å². The smallest absolute Gasteiger partial charge is 0.242 e. The van der Waals surface area contributed by atoms with Crippen molar-refractivity contribution in [2.75, 3.05) is 18.9 Å². The number of aliphatic hydroxyl groups is 1. The van der Waals surface area contributed by atoms with Gasteiger partial charge in [0.15, 0.2) is 0 Å². The second kappa shape index (κ2) is 6.89. The van der Waals surface area contributed by atoms with Crippen molar-refractivity contribution in [3.8, 4) is 0 Å². The molecule has 0 bridgehead atoms. The second-order valence-corrected chi connectivity index (χ2v) is 7.52. The van der Waals surface area contributed by atoms with E-state index in [1.54, 1.807) is 12.1 Å². The largest absolute Gasteiger partial charge is 0.398 e. The van der Waals surface area contributed by atoms with Gasteiger partial charge in [-0.3, -0.25) is 0 Å². The molecule has 0 aliphatic heterocycles. The van der Waals surface area contributed by atoms with E-state index < -0.39 is 15.4 Å². The Labute approximate surface area is 128 Å². The zero-order valence-electron chi connectivity index (χ0n) is 11.7. The van der Waals surface area contributed by atoms with Crippen LogP contribution in [0.15, 0.2) is 27.6 Å². The Morgan fingerprint density at radius 3 is 2.40 bits per heavy atom. The number of rotatable bonds is 7. The molecule has 114 valence electrons. The average molecular weight is 365 g/mol. The van der Waals surface area contributed by atoms with Crippen molar-refractivity contribution < 1.29 is 13.5 Å². The molecule has 0 saturated heterocycles. The third-order valence-electron chi connectivity index (χ3n) is 3.73. The number of nitrogens with one attached hydrogen (secondary N) is 1. The summed E-state index contributed by atoms with van der Waals surface area (Å²) in [6.45, 7) is 4.00. The molecule has 0 heterocycles. The van der Waals surface area contributed by atoms with Crippen LogP contribution in [0, 0.1) is 5.41 Å². The summed E-state index contributed by atoms with van der Waals surface area (Å²) in [5.41, 5.74) is 5.50. The summed E-state index contributed by atoms with van der Waals surface area (Å²) in [4.78, 5) is 0.0553. The van der Waals surface area contributed by atoms with Crippen LogP contribution < -0.4 is 10.5 Å². The summed E-state index contributed by atoms with van der Waals surface area (Å²) in [7, 11) is -3.68. The van der Waals surface area contributed by atoms with Crippen molar-refractivity contribution in [1.82, 2.24) is 4.72 Å². The minimum absolute atomic E-state index is 0.0553. The number of hydrogen-bond acceptors (Lipinski definition) is 4. The SMILES string of the molecule is CCC(CC)(CO)CNS(=O)(=O)c1ccc(Br)cc1N. The first-order valence-corrected chi connectivity index (χ1v) is 8.73. The molecule has 0 fully saturated rings. The van der Waals surface area contributed by atoms with Crippen LogP contribution in [-0.4, -0.2) is 26.7 Å². The maximum absolute atomic E-state index is 12.3. The lowest BCUT2D eigenvalue weighted by Gasteiger charge is -2.29. The van der Waals surface area contributed by atoms with Crippen LogP contribution in [0.3, 0.4) is 0 Å². The molecule has 7 heteroatoms. The fourth-order valence-corrected chi connectivity index (χ4v) is 3.52. The quantitative estimate of drug-likeness (QED) is 0.646. The number of nitrogen functional groups attached to an aromatic ring is 1. The maximum Gasteiger partial charge on any atom is 0.242 e. The molecule has 4 N–H and O–H groups in total. The van der Waals surface area contributed by atoms with Gasteiger partial charge in [-0.15, -0.1) is 0 Å². The first-order chi connectivity index (χ1) is 9.30. The van der Waals surface area contributed by atoms with E-state index in [1.807, 2.05) is 13.8 Å². The van der Waals surface area contributed by atoms with Crippen molar-refractivity contribution in [2.24, 2.45) is 5.41 Å². The first kappa shape index (κ1) is 17.4. The van der Waals surface area contributed by atoms with Crippen molar-refractivity contribution in [3.63, 3.8) is 0 Å². The van der Waals surface area contributed by atoms with E-state index in [9.17, 15) is 13.5 Å². The van der Waals surface area contributed by atoms with Gasteiger partial charge >= 0.3 is 0 Å². The fourth-order valence-electron chi connectivity index (χ4n) is 1.87. The third kappa shape index (κ3) is 3.94. The molecule has 0 unspecified atom stereocenters. The van der Waals surface area contributed by atoms with Crippen LogP contribution in [-0.2, 0) is 10.0 Å². The van der Waals surface area contributed by atoms with Gasteiger partial charge < -0.3 is 10.8 Å². The van der Waals surface area contributed by atoms with E-state index >= 15 is 0 Å². The second-order valence-electron chi connectivity index (χ2n) is 4.87. The van der Waals surface area contributed by atoms with Gasteiger partial charge in [-0.2, -0.15) is 0 Å². The molecule has 0 saturated carbocycles. The Hall–Kier alpha value is -0.630. The van der Waals surface area contributed by atoms with Crippen molar-refractivity contribution >= 4 is 31.6 Å². The molecule has 0 spiro atoms. The molecular weight excluding hydrogens is 344 g/mol. The molecule has 0 atom stereocenters. The molecule has 0 aromatic heterocycles. The van der Waals surface area contributed by atoms with Gasteiger partial charge in [-0.1, -0.05) is 29.8 Å². The summed E-state index contributed by atoms with van der Waals surface area (Å²) in [5, 5.41) is 9.47. The van der Waals surface area contributed by atoms with Gasteiger partial charge in [-0.05, 0) is 31.0 Å². The maximum atomic E-state index is 12.3. The number of sulfonamides is 1. The minimum atomic E-state index is -3.68. The zero-order chi connectivity index (χ0) is 15.4. The van der Waals surface area contributed by atoms with Gasteiger partial charge in [0, 0.05) is 23.0 Å². The highest BCUT2D eigenvalue weighted by molar-refractivity contribution is 9.10. The molecule has 1 aromatic carbocycles. The average Bonchev–Trinajstić information content (AvgIpc) is 2.40. The van der Waals surface area contributed by atoms with Crippen molar-refractivity contribution in [1.29, 1.82) is 0 Å². The Bertz CT molecular complexity index is 548. The van der Waals surface area contributed by atoms with E-state index in [-0.39, 0.29) is 23.7 Å². The predicted molar refractivity (Wildman–Crippen MR) is 83.8 cm³/mol. The molecule has 5 nitrogen and oxygen atoms in total. The molecular formula is C13H21BrN2O3S. The highest BCUT2D eigenvalue weighted by Gasteiger charge is 2.28. The van der Waals surface area contributed by atoms with Crippen LogP contribution in [0.4, 0.5) is 5.69 Å². The van der Waals surface area contributed by atoms with Crippen molar-refractivity contribution in [2.45, 2.75) is 31.6 Å². The number of anilines is 1. The lowest BCUT2D eigenvalue weighted by atomic mass is 9.84. The lowest BCUT2D eigenvalue weighted by molar-refractivity contribution is 0.119. The number of hydrogen-bond donors (Lipinski definition) is 3. The summed E-state index contributed by atoms with van der Waals surface area (Å²) < 4.78 is 27.8. The van der Waals surface area contributed by atoms with E-state index in [2.05, 4.69) is 20.7 Å². The highest BCUT2D eigenvalue weighted by atomic mass is 79.9. The minimum Gasteiger partial charge on any atom is -0.398 e. The fraction of sp³-hybridized carbons (Fsp3) is 0.538. The Morgan fingerprint density at radius 2 is 1.95 bits per heavy atom. The van der Waals surface area contributed by atoms with Gasteiger partial charge in [0.05, 0.1) is 5.69 Å². The van der Waals surface area contributed by atoms with Crippen LogP contribution in [0.1, 0.15) is 26.7 Å². The molecule has 1 rings (SSSR count). The number of benzene rings is 1. The van der Waals surface area contributed by atoms with Gasteiger partial charge in [0.2, 0.25) is 10.0 Å². The monoisotopic (exact) mass is 364 g/mol. The highest BCUT2D eigenvalue weighted by Crippen LogP contribution is 2.27. The molecule has 0 aliphatic rings. The summed E-state index contributed by atoms with van der Waals surface area (Å²) in [6, 6.07) is 4.64. The normalized spacial score (nSPS) is 12.6. The molecule has 20 heavy (non-hydrogen) atoms. The van der Waals surface area contributed by atoms with Gasteiger partial charge in [0.25, 0.3) is 0 Å². The summed E-state index contributed by atoms with van der Waals surface area (Å²) in [5.74, 6) is 0. The third-order valence-corrected chi connectivity index (χ3v) is 5.70. The van der Waals surface area contributed by atoms with Crippen LogP contribution in [0.5, 0.6) is 0 Å². The van der Waals surface area contributed by atoms with E-state index in [0.717, 1.165) is 4.47 Å². The topological polar surface area (TPSA) is 92.4 Å². The zero-order valence-corrected chi connectivity index (χ0v) is 14.1. The molecule has 0 amide bonds. The first-order valence-electron chi connectivity index (χ1n) is 6.46. The van der Waals surface area contributed by atoms with E-state index in [0.29, 0.717) is 12.8 Å². The van der Waals surface area contributed by atoms with Crippen LogP contribution >= 0.6 is 15.9 Å². The predicted octanol–water partition coefficient (Wildman–Crippen LogP) is 2.11. The summed E-state index contributed by atoms with van der Waals surface area (Å²) >= 11 is 3.24. The number of aliphatic hydroxyl groups excluding tert-OH is 1. The summed E-state index contributed by atoms with van der Waals surface area (Å²) in [6.07, 6.45) is 1.39. The van der Waals surface area contributed by atoms with E-state index in [1.165, 1.54) is 6.07 Å². The molecule has 0 aliphatic carbocycles.